The van der Waals surface area contributed by atoms with Crippen LogP contribution in [-0.2, 0) is 0 Å². The number of anilines is 1. The SMILES string of the molecule is N#C/C(=N\Nc1ccc(Cl)cc1F)C(=N)N. The van der Waals surface area contributed by atoms with E-state index in [9.17, 15) is 4.39 Å². The molecule has 0 saturated heterocycles. The number of halogens is 2. The predicted molar refractivity (Wildman–Crippen MR) is 60.0 cm³/mol. The first kappa shape index (κ1) is 11.9. The molecule has 0 fully saturated rings. The summed E-state index contributed by atoms with van der Waals surface area (Å²) in [6.45, 7) is 0. The van der Waals surface area contributed by atoms with E-state index in [0.717, 1.165) is 6.07 Å². The minimum Gasteiger partial charge on any atom is -0.382 e. The predicted octanol–water partition coefficient (Wildman–Crippen LogP) is 1.71. The van der Waals surface area contributed by atoms with Crippen molar-refractivity contribution in [1.82, 2.24) is 0 Å². The average molecular weight is 240 g/mol. The van der Waals surface area contributed by atoms with Gasteiger partial charge in [0.25, 0.3) is 0 Å². The Hall–Kier alpha value is -2.13. The Bertz CT molecular complexity index is 491. The summed E-state index contributed by atoms with van der Waals surface area (Å²) in [5, 5.41) is 19.2. The fraction of sp³-hybridized carbons (Fsp3) is 0. The maximum atomic E-state index is 13.2. The molecule has 0 unspecified atom stereocenters. The van der Waals surface area contributed by atoms with Crippen molar-refractivity contribution in [3.8, 4) is 6.07 Å². The fourth-order valence-corrected chi connectivity index (χ4v) is 1.00. The number of nitriles is 1. The molecule has 0 atom stereocenters. The highest BCUT2D eigenvalue weighted by molar-refractivity contribution is 6.45. The summed E-state index contributed by atoms with van der Waals surface area (Å²) in [5.41, 5.74) is 7.05. The van der Waals surface area contributed by atoms with Crippen LogP contribution in [-0.4, -0.2) is 11.5 Å². The maximum Gasteiger partial charge on any atom is 0.201 e. The molecule has 0 spiro atoms. The number of hydrogen-bond acceptors (Lipinski definition) is 4. The summed E-state index contributed by atoms with van der Waals surface area (Å²) in [6.07, 6.45) is 0. The molecule has 16 heavy (non-hydrogen) atoms. The van der Waals surface area contributed by atoms with Gasteiger partial charge in [0.1, 0.15) is 11.9 Å². The minimum absolute atomic E-state index is 0.0402. The van der Waals surface area contributed by atoms with Gasteiger partial charge in [-0.2, -0.15) is 10.4 Å². The molecular formula is C9H7ClFN5. The third-order valence-electron chi connectivity index (χ3n) is 1.58. The van der Waals surface area contributed by atoms with E-state index >= 15 is 0 Å². The summed E-state index contributed by atoms with van der Waals surface area (Å²) in [5.74, 6) is -1.11. The van der Waals surface area contributed by atoms with Crippen LogP contribution in [0.1, 0.15) is 0 Å². The van der Waals surface area contributed by atoms with E-state index < -0.39 is 11.7 Å². The first-order chi connectivity index (χ1) is 7.54. The van der Waals surface area contributed by atoms with Crippen molar-refractivity contribution in [2.45, 2.75) is 0 Å². The third-order valence-corrected chi connectivity index (χ3v) is 1.82. The summed E-state index contributed by atoms with van der Waals surface area (Å²) in [6, 6.07) is 5.51. The Balaban J connectivity index is 2.90. The van der Waals surface area contributed by atoms with Gasteiger partial charge >= 0.3 is 0 Å². The second-order valence-corrected chi connectivity index (χ2v) is 3.16. The molecule has 0 bridgehead atoms. The van der Waals surface area contributed by atoms with Crippen LogP contribution >= 0.6 is 11.6 Å². The van der Waals surface area contributed by atoms with Gasteiger partial charge in [-0.15, -0.1) is 0 Å². The van der Waals surface area contributed by atoms with Gasteiger partial charge in [-0.1, -0.05) is 11.6 Å². The lowest BCUT2D eigenvalue weighted by Crippen LogP contribution is -2.21. The van der Waals surface area contributed by atoms with Crippen molar-refractivity contribution < 1.29 is 4.39 Å². The van der Waals surface area contributed by atoms with E-state index in [-0.39, 0.29) is 16.4 Å². The van der Waals surface area contributed by atoms with Crippen LogP contribution in [0, 0.1) is 22.6 Å². The van der Waals surface area contributed by atoms with E-state index in [4.69, 9.17) is 28.0 Å². The molecule has 0 aliphatic carbocycles. The summed E-state index contributed by atoms with van der Waals surface area (Å²) < 4.78 is 13.2. The minimum atomic E-state index is -0.614. The van der Waals surface area contributed by atoms with E-state index in [0.29, 0.717) is 0 Å². The Morgan fingerprint density at radius 1 is 1.62 bits per heavy atom. The Morgan fingerprint density at radius 3 is 2.81 bits per heavy atom. The number of benzene rings is 1. The molecule has 0 aromatic heterocycles. The van der Waals surface area contributed by atoms with Crippen molar-refractivity contribution >= 4 is 28.8 Å². The van der Waals surface area contributed by atoms with Crippen molar-refractivity contribution in [2.75, 3.05) is 5.43 Å². The molecule has 82 valence electrons. The quantitative estimate of drug-likeness (QED) is 0.425. The van der Waals surface area contributed by atoms with Gasteiger partial charge in [0.05, 0.1) is 5.69 Å². The van der Waals surface area contributed by atoms with Gasteiger partial charge in [-0.3, -0.25) is 10.8 Å². The number of nitrogens with two attached hydrogens (primary N) is 1. The van der Waals surface area contributed by atoms with Gasteiger partial charge in [0.15, 0.2) is 5.84 Å². The lowest BCUT2D eigenvalue weighted by Gasteiger charge is -2.02. The second kappa shape index (κ2) is 5.09. The number of nitrogens with one attached hydrogen (secondary N) is 2. The standard InChI is InChI=1S/C9H7ClFN5/c10-5-1-2-7(6(11)3-5)15-16-8(4-12)9(13)14/h1-3,15H,(H3,13,14)/b16-8+. The number of nitrogens with zero attached hydrogens (tertiary/aromatic N) is 2. The van der Waals surface area contributed by atoms with Crippen molar-refractivity contribution in [1.29, 1.82) is 10.7 Å². The van der Waals surface area contributed by atoms with Crippen LogP contribution in [0.2, 0.25) is 5.02 Å². The zero-order valence-corrected chi connectivity index (χ0v) is 8.72. The second-order valence-electron chi connectivity index (χ2n) is 2.72. The highest BCUT2D eigenvalue weighted by Crippen LogP contribution is 2.18. The van der Waals surface area contributed by atoms with Crippen LogP contribution in [0.3, 0.4) is 0 Å². The smallest absolute Gasteiger partial charge is 0.201 e. The molecular weight excluding hydrogens is 233 g/mol. The van der Waals surface area contributed by atoms with Crippen molar-refractivity contribution in [3.05, 3.63) is 29.0 Å². The molecule has 1 rings (SSSR count). The summed E-state index contributed by atoms with van der Waals surface area (Å²) >= 11 is 5.55. The molecule has 1 aromatic carbocycles. The van der Waals surface area contributed by atoms with E-state index in [1.807, 2.05) is 0 Å². The molecule has 0 saturated carbocycles. The maximum absolute atomic E-state index is 13.2. The molecule has 7 heteroatoms. The third kappa shape index (κ3) is 2.93. The number of hydrogen-bond donors (Lipinski definition) is 3. The number of amidine groups is 1. The Morgan fingerprint density at radius 2 is 2.31 bits per heavy atom. The van der Waals surface area contributed by atoms with Crippen molar-refractivity contribution in [3.63, 3.8) is 0 Å². The van der Waals surface area contributed by atoms with Crippen LogP contribution < -0.4 is 11.2 Å². The monoisotopic (exact) mass is 239 g/mol. The molecule has 0 radical (unpaired) electrons. The molecule has 4 N–H and O–H groups in total. The van der Waals surface area contributed by atoms with E-state index in [2.05, 4.69) is 10.5 Å². The molecule has 5 nitrogen and oxygen atoms in total. The molecule has 0 aliphatic heterocycles. The normalized spacial score (nSPS) is 10.7. The zero-order chi connectivity index (χ0) is 12.1. The highest BCUT2D eigenvalue weighted by Gasteiger charge is 2.04. The molecule has 0 aliphatic rings. The first-order valence-electron chi connectivity index (χ1n) is 4.08. The summed E-state index contributed by atoms with van der Waals surface area (Å²) in [7, 11) is 0. The van der Waals surface area contributed by atoms with Gasteiger partial charge < -0.3 is 5.73 Å². The summed E-state index contributed by atoms with van der Waals surface area (Å²) in [4.78, 5) is 0. The topological polar surface area (TPSA) is 98.0 Å². The zero-order valence-electron chi connectivity index (χ0n) is 7.96. The fourth-order valence-electron chi connectivity index (χ4n) is 0.842. The molecule has 0 amide bonds. The average Bonchev–Trinajstić information content (AvgIpc) is 2.21. The van der Waals surface area contributed by atoms with Crippen LogP contribution in [0.15, 0.2) is 23.3 Å². The van der Waals surface area contributed by atoms with Gasteiger partial charge in [-0.25, -0.2) is 4.39 Å². The van der Waals surface area contributed by atoms with E-state index in [1.54, 1.807) is 6.07 Å². The van der Waals surface area contributed by atoms with Gasteiger partial charge in [0, 0.05) is 5.02 Å². The largest absolute Gasteiger partial charge is 0.382 e. The Kier molecular flexibility index (Phi) is 3.80. The van der Waals surface area contributed by atoms with Crippen molar-refractivity contribution in [2.24, 2.45) is 10.8 Å². The van der Waals surface area contributed by atoms with Gasteiger partial charge in [-0.05, 0) is 18.2 Å². The number of rotatable bonds is 3. The van der Waals surface area contributed by atoms with Crippen LogP contribution in [0.25, 0.3) is 0 Å². The molecule has 0 heterocycles. The lowest BCUT2D eigenvalue weighted by atomic mass is 10.3. The first-order valence-corrected chi connectivity index (χ1v) is 4.45. The van der Waals surface area contributed by atoms with Gasteiger partial charge in [0.2, 0.25) is 5.71 Å². The van der Waals surface area contributed by atoms with E-state index in [1.165, 1.54) is 12.1 Å². The molecule has 1 aromatic rings. The van der Waals surface area contributed by atoms with Crippen LogP contribution in [0.5, 0.6) is 0 Å². The Labute approximate surface area is 95.8 Å². The lowest BCUT2D eigenvalue weighted by molar-refractivity contribution is 0.631. The van der Waals surface area contributed by atoms with Crippen LogP contribution in [0.4, 0.5) is 10.1 Å². The number of hydrazone groups is 1. The highest BCUT2D eigenvalue weighted by atomic mass is 35.5.